The SMILES string of the molecule is c1ccc(N(c2ccc(-n3c4ccccc4c4c(-c5cccc6c5oc5ccccc56)c5c(cc43)oc3ccccc35)cc2)c2ccc3c4ccccc4c4ccccc4c3c2)cc1. The molecule has 4 heteroatoms. The Hall–Kier alpha value is -8.60. The molecule has 0 aliphatic heterocycles. The fourth-order valence-electron chi connectivity index (χ4n) is 10.6. The Morgan fingerprint density at radius 2 is 0.859 bits per heavy atom. The molecular weight excluding hydrogens is 781 g/mol. The molecule has 14 rings (SSSR count). The number of benzene rings is 11. The van der Waals surface area contributed by atoms with Gasteiger partial charge in [-0.05, 0) is 99.0 Å². The van der Waals surface area contributed by atoms with Gasteiger partial charge in [-0.2, -0.15) is 0 Å². The van der Waals surface area contributed by atoms with Crippen molar-refractivity contribution in [1.82, 2.24) is 4.57 Å². The van der Waals surface area contributed by atoms with Crippen LogP contribution in [0.25, 0.3) is 115 Å². The second kappa shape index (κ2) is 13.4. The van der Waals surface area contributed by atoms with E-state index in [0.717, 1.165) is 94.2 Å². The predicted molar refractivity (Wildman–Crippen MR) is 268 cm³/mol. The number of rotatable bonds is 5. The van der Waals surface area contributed by atoms with Gasteiger partial charge in [0, 0.05) is 72.3 Å². The van der Waals surface area contributed by atoms with Crippen LogP contribution in [0.5, 0.6) is 0 Å². The third-order valence-electron chi connectivity index (χ3n) is 13.3. The van der Waals surface area contributed by atoms with E-state index in [1.165, 1.54) is 37.7 Å². The van der Waals surface area contributed by atoms with Crippen molar-refractivity contribution >= 4 is 115 Å². The predicted octanol–water partition coefficient (Wildman–Crippen LogP) is 17.2. The van der Waals surface area contributed by atoms with Gasteiger partial charge in [-0.3, -0.25) is 0 Å². The zero-order valence-electron chi connectivity index (χ0n) is 34.5. The molecule has 11 aromatic carbocycles. The fourth-order valence-corrected chi connectivity index (χ4v) is 10.6. The van der Waals surface area contributed by atoms with Crippen LogP contribution in [0.4, 0.5) is 17.1 Å². The van der Waals surface area contributed by atoms with Crippen molar-refractivity contribution in [2.75, 3.05) is 4.90 Å². The lowest BCUT2D eigenvalue weighted by Gasteiger charge is -2.26. The normalized spacial score (nSPS) is 12.1. The van der Waals surface area contributed by atoms with Gasteiger partial charge in [-0.1, -0.05) is 146 Å². The largest absolute Gasteiger partial charge is 0.456 e. The van der Waals surface area contributed by atoms with Crippen molar-refractivity contribution in [1.29, 1.82) is 0 Å². The molecule has 3 aromatic heterocycles. The zero-order chi connectivity index (χ0) is 41.9. The Morgan fingerprint density at radius 1 is 0.312 bits per heavy atom. The molecule has 298 valence electrons. The van der Waals surface area contributed by atoms with Crippen molar-refractivity contribution in [3.05, 3.63) is 218 Å². The summed E-state index contributed by atoms with van der Waals surface area (Å²) in [5, 5.41) is 14.3. The Labute approximate surface area is 367 Å². The van der Waals surface area contributed by atoms with Crippen LogP contribution in [0, 0.1) is 0 Å². The van der Waals surface area contributed by atoms with Crippen LogP contribution in [0.1, 0.15) is 0 Å². The van der Waals surface area contributed by atoms with Crippen LogP contribution in [0.15, 0.2) is 227 Å². The fraction of sp³-hybridized carbons (Fsp3) is 0. The molecule has 0 radical (unpaired) electrons. The van der Waals surface area contributed by atoms with Gasteiger partial charge in [0.15, 0.2) is 0 Å². The first kappa shape index (κ1) is 35.0. The maximum Gasteiger partial charge on any atom is 0.143 e. The Kier molecular flexibility index (Phi) is 7.36. The summed E-state index contributed by atoms with van der Waals surface area (Å²) < 4.78 is 15.9. The van der Waals surface area contributed by atoms with Crippen LogP contribution >= 0.6 is 0 Å². The average Bonchev–Trinajstić information content (AvgIpc) is 4.04. The lowest BCUT2D eigenvalue weighted by atomic mass is 9.93. The monoisotopic (exact) mass is 816 g/mol. The first-order valence-corrected chi connectivity index (χ1v) is 21.8. The van der Waals surface area contributed by atoms with Crippen molar-refractivity contribution in [3.63, 3.8) is 0 Å². The highest BCUT2D eigenvalue weighted by atomic mass is 16.3. The summed E-state index contributed by atoms with van der Waals surface area (Å²) in [4.78, 5) is 2.36. The number of hydrogen-bond donors (Lipinski definition) is 0. The van der Waals surface area contributed by atoms with Crippen LogP contribution < -0.4 is 4.90 Å². The van der Waals surface area contributed by atoms with Crippen LogP contribution in [0.2, 0.25) is 0 Å². The van der Waals surface area contributed by atoms with E-state index in [0.29, 0.717) is 0 Å². The van der Waals surface area contributed by atoms with Crippen LogP contribution in [-0.4, -0.2) is 4.57 Å². The summed E-state index contributed by atoms with van der Waals surface area (Å²) in [5.41, 5.74) is 12.1. The molecule has 3 heterocycles. The number of fused-ring (bicyclic) bond motifs is 15. The minimum absolute atomic E-state index is 0.837. The second-order valence-electron chi connectivity index (χ2n) is 16.8. The van der Waals surface area contributed by atoms with E-state index in [1.807, 2.05) is 12.1 Å². The third kappa shape index (κ3) is 4.99. The zero-order valence-corrected chi connectivity index (χ0v) is 34.5. The summed E-state index contributed by atoms with van der Waals surface area (Å²) in [6.45, 7) is 0. The number of anilines is 3. The highest BCUT2D eigenvalue weighted by Gasteiger charge is 2.25. The molecule has 0 bridgehead atoms. The van der Waals surface area contributed by atoms with E-state index in [9.17, 15) is 0 Å². The summed E-state index contributed by atoms with van der Waals surface area (Å²) in [5.74, 6) is 0. The number of aromatic nitrogens is 1. The summed E-state index contributed by atoms with van der Waals surface area (Å²) >= 11 is 0. The lowest BCUT2D eigenvalue weighted by Crippen LogP contribution is -2.10. The van der Waals surface area contributed by atoms with E-state index in [4.69, 9.17) is 8.83 Å². The van der Waals surface area contributed by atoms with Crippen molar-refractivity contribution < 1.29 is 8.83 Å². The standard InChI is InChI=1S/C60H36N2O2/c1-2-15-37(16-3-1)61(40-33-34-45-43-19-5-4-17-41(43)42-18-6-7-20-44(42)51(45)35-40)38-29-31-39(32-30-38)62-52-26-11-8-22-48(52)57-53(62)36-56-58(49-23-10-13-28-55(49)63-56)59(57)50-25-14-24-47-46-21-9-12-27-54(46)64-60(47)50/h1-36H. The summed E-state index contributed by atoms with van der Waals surface area (Å²) in [6, 6.07) is 78.4. The summed E-state index contributed by atoms with van der Waals surface area (Å²) in [7, 11) is 0. The number of para-hydroxylation sites is 5. The highest BCUT2D eigenvalue weighted by molar-refractivity contribution is 6.29. The molecule has 64 heavy (non-hydrogen) atoms. The molecule has 0 fully saturated rings. The van der Waals surface area contributed by atoms with Gasteiger partial charge >= 0.3 is 0 Å². The maximum absolute atomic E-state index is 6.76. The van der Waals surface area contributed by atoms with Gasteiger partial charge in [-0.15, -0.1) is 0 Å². The van der Waals surface area contributed by atoms with E-state index in [1.54, 1.807) is 0 Å². The maximum atomic E-state index is 6.76. The van der Waals surface area contributed by atoms with E-state index >= 15 is 0 Å². The molecule has 0 unspecified atom stereocenters. The van der Waals surface area contributed by atoms with Gasteiger partial charge in [0.25, 0.3) is 0 Å². The molecule has 0 saturated carbocycles. The Bertz CT molecular complexity index is 4160. The van der Waals surface area contributed by atoms with Crippen molar-refractivity contribution in [3.8, 4) is 16.8 Å². The van der Waals surface area contributed by atoms with E-state index < -0.39 is 0 Å². The van der Waals surface area contributed by atoms with Gasteiger partial charge < -0.3 is 18.3 Å². The molecule has 0 amide bonds. The molecule has 0 saturated heterocycles. The highest BCUT2D eigenvalue weighted by Crippen LogP contribution is 2.49. The van der Waals surface area contributed by atoms with Gasteiger partial charge in [0.1, 0.15) is 22.3 Å². The average molecular weight is 817 g/mol. The van der Waals surface area contributed by atoms with Crippen molar-refractivity contribution in [2.45, 2.75) is 0 Å². The molecule has 14 aromatic rings. The van der Waals surface area contributed by atoms with E-state index in [2.05, 4.69) is 216 Å². The van der Waals surface area contributed by atoms with Crippen LogP contribution in [0.3, 0.4) is 0 Å². The molecule has 0 atom stereocenters. The molecule has 0 aliphatic carbocycles. The molecule has 0 spiro atoms. The number of nitrogens with zero attached hydrogens (tertiary/aromatic N) is 2. The van der Waals surface area contributed by atoms with Crippen molar-refractivity contribution in [2.24, 2.45) is 0 Å². The topological polar surface area (TPSA) is 34.5 Å². The Balaban J connectivity index is 1.000. The Morgan fingerprint density at radius 3 is 1.59 bits per heavy atom. The summed E-state index contributed by atoms with van der Waals surface area (Å²) in [6.07, 6.45) is 0. The molecular formula is C60H36N2O2. The van der Waals surface area contributed by atoms with Gasteiger partial charge in [0.05, 0.1) is 11.0 Å². The van der Waals surface area contributed by atoms with E-state index in [-0.39, 0.29) is 0 Å². The smallest absolute Gasteiger partial charge is 0.143 e. The number of furan rings is 2. The second-order valence-corrected chi connectivity index (χ2v) is 16.8. The minimum atomic E-state index is 0.837. The minimum Gasteiger partial charge on any atom is -0.456 e. The molecule has 4 nitrogen and oxygen atoms in total. The molecule has 0 aliphatic rings. The van der Waals surface area contributed by atoms with Gasteiger partial charge in [-0.25, -0.2) is 0 Å². The first-order valence-electron chi connectivity index (χ1n) is 21.8. The first-order chi connectivity index (χ1) is 31.8. The lowest BCUT2D eigenvalue weighted by molar-refractivity contribution is 0.669. The third-order valence-corrected chi connectivity index (χ3v) is 13.3. The number of hydrogen-bond acceptors (Lipinski definition) is 3. The van der Waals surface area contributed by atoms with Gasteiger partial charge in [0.2, 0.25) is 0 Å². The van der Waals surface area contributed by atoms with Crippen LogP contribution in [-0.2, 0) is 0 Å². The molecule has 0 N–H and O–H groups in total. The quantitative estimate of drug-likeness (QED) is 0.162.